The number of halogens is 6. The van der Waals surface area contributed by atoms with Crippen LogP contribution >= 0.6 is 19.2 Å². The zero-order valence-electron chi connectivity index (χ0n) is 23.5. The Bertz CT molecular complexity index is 1620. The summed E-state index contributed by atoms with van der Waals surface area (Å²) in [5.74, 6) is -4.54. The van der Waals surface area contributed by atoms with E-state index >= 15 is 0 Å². The van der Waals surface area contributed by atoms with Crippen molar-refractivity contribution in [2.45, 2.75) is 51.7 Å². The van der Waals surface area contributed by atoms with E-state index in [4.69, 9.17) is 20.6 Å². The van der Waals surface area contributed by atoms with Crippen LogP contribution in [-0.2, 0) is 36.3 Å². The van der Waals surface area contributed by atoms with Crippen molar-refractivity contribution < 1.29 is 49.9 Å². The van der Waals surface area contributed by atoms with Gasteiger partial charge in [0.05, 0.1) is 41.2 Å². The average molecular weight is 664 g/mol. The Morgan fingerprint density at radius 3 is 2.43 bits per heavy atom. The zero-order valence-corrected chi connectivity index (χ0v) is 25.1. The first-order chi connectivity index (χ1) is 20.7. The molecule has 0 saturated carbocycles. The van der Waals surface area contributed by atoms with E-state index in [1.54, 1.807) is 13.8 Å². The van der Waals surface area contributed by atoms with Crippen LogP contribution in [0.5, 0.6) is 0 Å². The first kappa shape index (κ1) is 33.6. The number of hydrogen-bond acceptors (Lipinski definition) is 6. The third-order valence-electron chi connectivity index (χ3n) is 6.95. The second-order valence-electron chi connectivity index (χ2n) is 9.86. The molecular formula is C28H28ClF5N3O6P. The molecule has 4 rings (SSSR count). The lowest BCUT2D eigenvalue weighted by molar-refractivity contribution is -0.139. The maximum Gasteiger partial charge on any atom is 0.454 e. The van der Waals surface area contributed by atoms with Gasteiger partial charge in [0.2, 0.25) is 11.8 Å². The van der Waals surface area contributed by atoms with E-state index in [9.17, 15) is 40.9 Å². The number of rotatable bonds is 11. The van der Waals surface area contributed by atoms with E-state index in [0.29, 0.717) is 0 Å². The fourth-order valence-corrected chi connectivity index (χ4v) is 6.76. The number of carbonyl (C=O) groups excluding carboxylic acids is 3. The van der Waals surface area contributed by atoms with Gasteiger partial charge in [-0.2, -0.15) is 13.2 Å². The molecule has 2 aromatic carbocycles. The fraction of sp³-hybridized carbons (Fsp3) is 0.393. The molecule has 2 atom stereocenters. The van der Waals surface area contributed by atoms with Gasteiger partial charge in [0.25, 0.3) is 5.78 Å². The maximum atomic E-state index is 14.5. The normalized spacial score (nSPS) is 17.3. The highest BCUT2D eigenvalue weighted by Gasteiger charge is 2.42. The van der Waals surface area contributed by atoms with E-state index in [2.05, 4.69) is 5.32 Å². The van der Waals surface area contributed by atoms with E-state index in [1.165, 1.54) is 30.3 Å². The molecule has 1 N–H and O–H groups in total. The van der Waals surface area contributed by atoms with Gasteiger partial charge in [0, 0.05) is 30.1 Å². The fourth-order valence-electron chi connectivity index (χ4n) is 4.97. The molecule has 1 saturated heterocycles. The van der Waals surface area contributed by atoms with Crippen LogP contribution in [0.4, 0.5) is 22.0 Å². The highest BCUT2D eigenvalue weighted by atomic mass is 35.5. The van der Waals surface area contributed by atoms with Crippen molar-refractivity contribution in [2.24, 2.45) is 0 Å². The number of alkyl halides is 4. The lowest BCUT2D eigenvalue weighted by Crippen LogP contribution is -2.46. The molecule has 238 valence electrons. The number of ketones is 1. The average Bonchev–Trinajstić information content (AvgIpc) is 3.53. The molecule has 2 amide bonds. The van der Waals surface area contributed by atoms with Crippen LogP contribution < -0.4 is 10.6 Å². The number of hydrogen-bond donors (Lipinski definition) is 1. The van der Waals surface area contributed by atoms with E-state index in [0.717, 1.165) is 21.7 Å². The molecule has 9 nitrogen and oxygen atoms in total. The largest absolute Gasteiger partial charge is 0.454 e. The van der Waals surface area contributed by atoms with Crippen molar-refractivity contribution in [1.82, 2.24) is 14.8 Å². The molecular weight excluding hydrogens is 636 g/mol. The highest BCUT2D eigenvalue weighted by molar-refractivity contribution is 7.62. The molecule has 0 spiro atoms. The van der Waals surface area contributed by atoms with Crippen molar-refractivity contribution in [3.8, 4) is 0 Å². The smallest absolute Gasteiger partial charge is 0.350 e. The number of likely N-dealkylation sites (tertiary alicyclic amines) is 1. The molecule has 1 aromatic heterocycles. The van der Waals surface area contributed by atoms with Crippen LogP contribution in [0.2, 0.25) is 5.02 Å². The van der Waals surface area contributed by atoms with Crippen LogP contribution in [0.15, 0.2) is 42.6 Å². The number of carbonyl (C=O) groups is 3. The van der Waals surface area contributed by atoms with Crippen molar-refractivity contribution in [2.75, 3.05) is 19.8 Å². The third kappa shape index (κ3) is 6.98. The Morgan fingerprint density at radius 2 is 1.80 bits per heavy atom. The molecule has 0 radical (unpaired) electrons. The molecule has 0 bridgehead atoms. The molecule has 44 heavy (non-hydrogen) atoms. The van der Waals surface area contributed by atoms with Gasteiger partial charge in [-0.25, -0.2) is 8.78 Å². The van der Waals surface area contributed by atoms with Gasteiger partial charge < -0.3 is 23.8 Å². The number of nitrogens with one attached hydrogen (secondary N) is 1. The highest BCUT2D eigenvalue weighted by Crippen LogP contribution is 2.47. The summed E-state index contributed by atoms with van der Waals surface area (Å²) in [7, 11) is -3.92. The Labute approximate surface area is 253 Å². The molecule has 0 unspecified atom stereocenters. The second kappa shape index (κ2) is 13.4. The SMILES string of the molecule is CCOP(=O)(OCC)c1ccc2c(C(=O)C(F)(F)F)cn(CC(=O)N3C[C@H](F)C[C@H]3C(=O)NCc3cccc(Cl)c3F)c2c1. The first-order valence-electron chi connectivity index (χ1n) is 13.5. The third-order valence-corrected chi connectivity index (χ3v) is 9.34. The van der Waals surface area contributed by atoms with Crippen molar-refractivity contribution in [3.05, 3.63) is 64.6 Å². The Kier molecular flexibility index (Phi) is 10.2. The quantitative estimate of drug-likeness (QED) is 0.169. The number of fused-ring (bicyclic) bond motifs is 1. The standard InChI is InChI=1S/C28H28ClF5N3O6P/c1-3-42-44(41,43-4-2)18-8-9-19-20(26(39)28(32,33)34)14-36(22(19)11-18)15-24(38)37-13-17(30)10-23(37)27(40)35-12-16-6-5-7-21(29)25(16)31/h5-9,11,14,17,23H,3-4,10,12-13,15H2,1-2H3,(H,35,40)/t17-,23+/m1/s1. The minimum Gasteiger partial charge on any atom is -0.350 e. The van der Waals surface area contributed by atoms with Gasteiger partial charge in [0.15, 0.2) is 0 Å². The number of Topliss-reactive ketones (excluding diaryl/α,β-unsaturated/α-hetero) is 1. The summed E-state index contributed by atoms with van der Waals surface area (Å²) in [4.78, 5) is 39.6. The van der Waals surface area contributed by atoms with Crippen LogP contribution in [0.1, 0.15) is 36.2 Å². The predicted molar refractivity (Wildman–Crippen MR) is 151 cm³/mol. The summed E-state index contributed by atoms with van der Waals surface area (Å²) in [5, 5.41) is 2.08. The molecule has 3 aromatic rings. The summed E-state index contributed by atoms with van der Waals surface area (Å²) in [6.07, 6.45) is -6.36. The van der Waals surface area contributed by atoms with Crippen LogP contribution in [0.3, 0.4) is 0 Å². The van der Waals surface area contributed by atoms with Gasteiger partial charge >= 0.3 is 13.8 Å². The van der Waals surface area contributed by atoms with Gasteiger partial charge in [-0.05, 0) is 32.0 Å². The number of nitrogens with zero attached hydrogens (tertiary/aromatic N) is 2. The van der Waals surface area contributed by atoms with Crippen molar-refractivity contribution >= 4 is 53.0 Å². The van der Waals surface area contributed by atoms with Gasteiger partial charge in [-0.1, -0.05) is 29.8 Å². The van der Waals surface area contributed by atoms with Crippen LogP contribution in [0, 0.1) is 5.82 Å². The van der Waals surface area contributed by atoms with E-state index in [-0.39, 0.29) is 53.0 Å². The minimum absolute atomic E-state index is 0.0145. The number of benzene rings is 2. The summed E-state index contributed by atoms with van der Waals surface area (Å²) in [6, 6.07) is 6.44. The monoisotopic (exact) mass is 663 g/mol. The van der Waals surface area contributed by atoms with Gasteiger partial charge in [-0.3, -0.25) is 18.9 Å². The summed E-state index contributed by atoms with van der Waals surface area (Å²) in [6.45, 7) is 1.63. The van der Waals surface area contributed by atoms with Gasteiger partial charge in [-0.15, -0.1) is 0 Å². The van der Waals surface area contributed by atoms with Gasteiger partial charge in [0.1, 0.15) is 24.6 Å². The summed E-state index contributed by atoms with van der Waals surface area (Å²) in [5.41, 5.74) is -0.778. The Balaban J connectivity index is 1.66. The molecule has 2 heterocycles. The zero-order chi connectivity index (χ0) is 32.4. The lowest BCUT2D eigenvalue weighted by Gasteiger charge is -2.24. The van der Waals surface area contributed by atoms with Crippen LogP contribution in [0.25, 0.3) is 10.9 Å². The van der Waals surface area contributed by atoms with E-state index in [1.807, 2.05) is 0 Å². The molecule has 1 fully saturated rings. The van der Waals surface area contributed by atoms with Crippen molar-refractivity contribution in [3.63, 3.8) is 0 Å². The molecule has 1 aliphatic heterocycles. The maximum absolute atomic E-state index is 14.5. The second-order valence-corrected chi connectivity index (χ2v) is 12.3. The summed E-state index contributed by atoms with van der Waals surface area (Å²) < 4.78 is 94.1. The first-order valence-corrected chi connectivity index (χ1v) is 15.4. The number of amides is 2. The summed E-state index contributed by atoms with van der Waals surface area (Å²) >= 11 is 5.77. The van der Waals surface area contributed by atoms with Crippen LogP contribution in [-0.4, -0.2) is 65.2 Å². The Hall–Kier alpha value is -3.32. The molecule has 1 aliphatic rings. The topological polar surface area (TPSA) is 107 Å². The lowest BCUT2D eigenvalue weighted by atomic mass is 10.1. The van der Waals surface area contributed by atoms with Crippen molar-refractivity contribution in [1.29, 1.82) is 0 Å². The number of aromatic nitrogens is 1. The predicted octanol–water partition coefficient (Wildman–Crippen LogP) is 5.33. The minimum atomic E-state index is -5.24. The molecule has 0 aliphatic carbocycles. The van der Waals surface area contributed by atoms with E-state index < -0.39 is 68.1 Å². The Morgan fingerprint density at radius 1 is 1.11 bits per heavy atom. The molecule has 16 heteroatoms.